The van der Waals surface area contributed by atoms with E-state index in [2.05, 4.69) is 15.9 Å². The van der Waals surface area contributed by atoms with Crippen LogP contribution in [0, 0.1) is 16.3 Å². The Kier molecular flexibility index (Phi) is 4.07. The van der Waals surface area contributed by atoms with Crippen LogP contribution in [-0.4, -0.2) is 12.4 Å². The van der Waals surface area contributed by atoms with E-state index < -0.39 is 15.8 Å². The smallest absolute Gasteiger partial charge is 0.240 e. The Morgan fingerprint density at radius 2 is 1.82 bits per heavy atom. The van der Waals surface area contributed by atoms with Crippen LogP contribution in [0.15, 0.2) is 52.0 Å². The van der Waals surface area contributed by atoms with Gasteiger partial charge in [-0.05, 0) is 63.6 Å². The van der Waals surface area contributed by atoms with Gasteiger partial charge in [0, 0.05) is 21.2 Å². The van der Waals surface area contributed by atoms with E-state index in [1.165, 1.54) is 12.3 Å². The van der Waals surface area contributed by atoms with E-state index in [0.717, 1.165) is 13.1 Å². The lowest BCUT2D eigenvalue weighted by molar-refractivity contribution is 0.588. The minimum atomic E-state index is -3.76. The van der Waals surface area contributed by atoms with Crippen molar-refractivity contribution in [2.24, 2.45) is 0 Å². The van der Waals surface area contributed by atoms with E-state index in [1.807, 2.05) is 29.5 Å². The van der Waals surface area contributed by atoms with Gasteiger partial charge in [-0.15, -0.1) is 0 Å². The van der Waals surface area contributed by atoms with Crippen molar-refractivity contribution in [3.8, 4) is 0 Å². The van der Waals surface area contributed by atoms with Gasteiger partial charge in [0.15, 0.2) is 0 Å². The molecule has 114 valence electrons. The number of aromatic nitrogens is 1. The average molecular weight is 494 g/mol. The molecule has 0 atom stereocenters. The Morgan fingerprint density at radius 3 is 2.45 bits per heavy atom. The standard InChI is InChI=1S/C15H10BrFINO2S/c1-9-2-4-10(5-3-9)22(20,21)19-8-14(18)11-6-12(16)13(17)7-15(11)19/h2-8H,1H3. The zero-order valence-corrected chi connectivity index (χ0v) is 15.9. The van der Waals surface area contributed by atoms with Gasteiger partial charge in [0.2, 0.25) is 0 Å². The molecule has 22 heavy (non-hydrogen) atoms. The fourth-order valence-corrected chi connectivity index (χ4v) is 4.78. The summed E-state index contributed by atoms with van der Waals surface area (Å²) in [6.45, 7) is 1.89. The van der Waals surface area contributed by atoms with Gasteiger partial charge in [-0.3, -0.25) is 0 Å². The number of halogens is 3. The number of aryl methyl sites for hydroxylation is 1. The van der Waals surface area contributed by atoms with Gasteiger partial charge in [-0.25, -0.2) is 16.8 Å². The van der Waals surface area contributed by atoms with E-state index in [9.17, 15) is 12.8 Å². The summed E-state index contributed by atoms with van der Waals surface area (Å²) in [6, 6.07) is 9.40. The molecule has 7 heteroatoms. The minimum Gasteiger partial charge on any atom is -0.240 e. The number of nitrogens with zero attached hydrogens (tertiary/aromatic N) is 1. The maximum Gasteiger partial charge on any atom is 0.268 e. The van der Waals surface area contributed by atoms with E-state index in [1.54, 1.807) is 30.3 Å². The third kappa shape index (κ3) is 2.59. The minimum absolute atomic E-state index is 0.176. The van der Waals surface area contributed by atoms with Crippen LogP contribution in [-0.2, 0) is 10.0 Å². The van der Waals surface area contributed by atoms with Crippen molar-refractivity contribution in [2.75, 3.05) is 0 Å². The molecule has 0 amide bonds. The first-order valence-corrected chi connectivity index (χ1v) is 9.60. The fourth-order valence-electron chi connectivity index (χ4n) is 2.17. The lowest BCUT2D eigenvalue weighted by Gasteiger charge is -2.08. The van der Waals surface area contributed by atoms with E-state index >= 15 is 0 Å². The molecule has 2 aromatic carbocycles. The Labute approximate surface area is 149 Å². The molecule has 1 aromatic heterocycles. The molecule has 0 aliphatic carbocycles. The molecule has 3 aromatic rings. The molecular weight excluding hydrogens is 484 g/mol. The van der Waals surface area contributed by atoms with Crippen molar-refractivity contribution >= 4 is 59.4 Å². The summed E-state index contributed by atoms with van der Waals surface area (Å²) >= 11 is 5.17. The molecule has 0 aliphatic heterocycles. The molecule has 0 saturated carbocycles. The predicted molar refractivity (Wildman–Crippen MR) is 96.1 cm³/mol. The molecular formula is C15H10BrFINO2S. The Bertz CT molecular complexity index is 981. The molecule has 0 spiro atoms. The van der Waals surface area contributed by atoms with Gasteiger partial charge in [0.1, 0.15) is 5.82 Å². The van der Waals surface area contributed by atoms with Gasteiger partial charge in [-0.2, -0.15) is 0 Å². The average Bonchev–Trinajstić information content (AvgIpc) is 2.78. The van der Waals surface area contributed by atoms with E-state index in [4.69, 9.17) is 0 Å². The highest BCUT2D eigenvalue weighted by Gasteiger charge is 2.21. The van der Waals surface area contributed by atoms with Gasteiger partial charge < -0.3 is 0 Å². The summed E-state index contributed by atoms with van der Waals surface area (Å²) in [5.41, 5.74) is 1.30. The second-order valence-corrected chi connectivity index (χ2v) is 8.71. The maximum absolute atomic E-state index is 13.8. The first-order valence-electron chi connectivity index (χ1n) is 6.28. The van der Waals surface area contributed by atoms with Crippen LogP contribution in [0.2, 0.25) is 0 Å². The Hall–Kier alpha value is -0.930. The lowest BCUT2D eigenvalue weighted by Crippen LogP contribution is -2.11. The van der Waals surface area contributed by atoms with Crippen LogP contribution in [0.5, 0.6) is 0 Å². The number of benzene rings is 2. The summed E-state index contributed by atoms with van der Waals surface area (Å²) in [5, 5.41) is 0.685. The van der Waals surface area contributed by atoms with E-state index in [-0.39, 0.29) is 4.90 Å². The molecule has 0 saturated heterocycles. The third-order valence-electron chi connectivity index (χ3n) is 3.34. The SMILES string of the molecule is Cc1ccc(S(=O)(=O)n2cc(I)c3cc(Br)c(F)cc32)cc1. The molecule has 0 N–H and O–H groups in total. The molecule has 0 radical (unpaired) electrons. The molecule has 0 aliphatic rings. The van der Waals surface area contributed by atoms with Crippen molar-refractivity contribution < 1.29 is 12.8 Å². The van der Waals surface area contributed by atoms with Gasteiger partial charge >= 0.3 is 0 Å². The van der Waals surface area contributed by atoms with Crippen molar-refractivity contribution in [1.29, 1.82) is 0 Å². The van der Waals surface area contributed by atoms with Crippen LogP contribution >= 0.6 is 38.5 Å². The van der Waals surface area contributed by atoms with Crippen molar-refractivity contribution in [2.45, 2.75) is 11.8 Å². The summed E-state index contributed by atoms with van der Waals surface area (Å²) < 4.78 is 41.6. The summed E-state index contributed by atoms with van der Waals surface area (Å²) in [6.07, 6.45) is 1.51. The van der Waals surface area contributed by atoms with Crippen molar-refractivity contribution in [1.82, 2.24) is 3.97 Å². The monoisotopic (exact) mass is 493 g/mol. The zero-order chi connectivity index (χ0) is 16.1. The first-order chi connectivity index (χ1) is 10.3. The summed E-state index contributed by atoms with van der Waals surface area (Å²) in [5.74, 6) is -0.498. The highest BCUT2D eigenvalue weighted by Crippen LogP contribution is 2.31. The quantitative estimate of drug-likeness (QED) is 0.486. The Morgan fingerprint density at radius 1 is 1.18 bits per heavy atom. The number of fused-ring (bicyclic) bond motifs is 1. The zero-order valence-electron chi connectivity index (χ0n) is 11.3. The van der Waals surface area contributed by atoms with Crippen molar-refractivity contribution in [3.05, 3.63) is 62.0 Å². The van der Waals surface area contributed by atoms with Crippen LogP contribution in [0.4, 0.5) is 4.39 Å². The summed E-state index contributed by atoms with van der Waals surface area (Å²) in [4.78, 5) is 0.176. The molecule has 3 rings (SSSR count). The summed E-state index contributed by atoms with van der Waals surface area (Å²) in [7, 11) is -3.76. The molecule has 0 unspecified atom stereocenters. The Balaban J connectivity index is 2.30. The van der Waals surface area contributed by atoms with Crippen LogP contribution in [0.3, 0.4) is 0 Å². The molecule has 3 nitrogen and oxygen atoms in total. The second-order valence-electron chi connectivity index (χ2n) is 4.87. The first kappa shape index (κ1) is 15.9. The maximum atomic E-state index is 13.8. The fraction of sp³-hybridized carbons (Fsp3) is 0.0667. The van der Waals surface area contributed by atoms with E-state index in [0.29, 0.717) is 15.4 Å². The van der Waals surface area contributed by atoms with Gasteiger partial charge in [0.25, 0.3) is 10.0 Å². The highest BCUT2D eigenvalue weighted by molar-refractivity contribution is 14.1. The topological polar surface area (TPSA) is 39.1 Å². The molecule has 1 heterocycles. The van der Waals surface area contributed by atoms with Crippen LogP contribution < -0.4 is 0 Å². The number of hydrogen-bond acceptors (Lipinski definition) is 2. The highest BCUT2D eigenvalue weighted by atomic mass is 127. The van der Waals surface area contributed by atoms with Crippen LogP contribution in [0.25, 0.3) is 10.9 Å². The lowest BCUT2D eigenvalue weighted by atomic mass is 10.2. The van der Waals surface area contributed by atoms with Crippen molar-refractivity contribution in [3.63, 3.8) is 0 Å². The molecule has 0 fully saturated rings. The predicted octanol–water partition coefficient (Wildman–Crippen LogP) is 4.69. The number of hydrogen-bond donors (Lipinski definition) is 0. The van der Waals surface area contributed by atoms with Crippen LogP contribution in [0.1, 0.15) is 5.56 Å². The van der Waals surface area contributed by atoms with Gasteiger partial charge in [0.05, 0.1) is 14.9 Å². The largest absolute Gasteiger partial charge is 0.268 e. The number of rotatable bonds is 2. The third-order valence-corrected chi connectivity index (χ3v) is 6.50. The second kappa shape index (κ2) is 5.61. The molecule has 0 bridgehead atoms. The normalized spacial score (nSPS) is 12.0. The van der Waals surface area contributed by atoms with Gasteiger partial charge in [-0.1, -0.05) is 17.7 Å².